The number of rotatable bonds is 8. The molecule has 2 N–H and O–H groups in total. The number of likely N-dealkylation sites (N-methyl/N-ethyl adjacent to an activating group) is 1. The molecule has 2 fully saturated rings. The van der Waals surface area contributed by atoms with Crippen LogP contribution in [0.2, 0.25) is 10.0 Å². The molecule has 1 amide bonds. The van der Waals surface area contributed by atoms with Gasteiger partial charge in [0, 0.05) is 50.7 Å². The van der Waals surface area contributed by atoms with Crippen LogP contribution in [0, 0.1) is 13.8 Å². The first-order valence-electron chi connectivity index (χ1n) is 15.3. The van der Waals surface area contributed by atoms with Gasteiger partial charge in [-0.2, -0.15) is 0 Å². The van der Waals surface area contributed by atoms with Crippen LogP contribution in [-0.2, 0) is 11.3 Å². The second-order valence-electron chi connectivity index (χ2n) is 12.5. The molecular formula is C35H43Cl2N5O2. The molecule has 0 aromatic heterocycles. The van der Waals surface area contributed by atoms with E-state index in [1.807, 2.05) is 81.4 Å². The minimum Gasteiger partial charge on any atom is -0.335 e. The molecule has 4 unspecified atom stereocenters. The SMILES string of the molecule is Cc1cc(C)cc(C(=O)N2CCN(C3C(N)CCN(Cc4ccccc4)C3(CC=O)N(C)C)C(c3ccc(Cl)c(Cl)c3)C2)c1. The van der Waals surface area contributed by atoms with Crippen LogP contribution < -0.4 is 5.73 Å². The number of nitrogens with two attached hydrogens (primary N) is 1. The van der Waals surface area contributed by atoms with E-state index in [2.05, 4.69) is 32.9 Å². The number of piperazine rings is 1. The Balaban J connectivity index is 1.58. The van der Waals surface area contributed by atoms with Gasteiger partial charge in [0.2, 0.25) is 0 Å². The van der Waals surface area contributed by atoms with E-state index < -0.39 is 5.66 Å². The first-order valence-corrected chi connectivity index (χ1v) is 16.0. The predicted octanol–water partition coefficient (Wildman–Crippen LogP) is 5.56. The first-order chi connectivity index (χ1) is 21.0. The Morgan fingerprint density at radius 3 is 2.32 bits per heavy atom. The maximum atomic E-state index is 13.9. The largest absolute Gasteiger partial charge is 0.335 e. The summed E-state index contributed by atoms with van der Waals surface area (Å²) in [5.74, 6) is 0.00641. The molecule has 3 aromatic carbocycles. The number of aldehydes is 1. The molecule has 2 heterocycles. The highest BCUT2D eigenvalue weighted by Gasteiger charge is 2.55. The number of aryl methyl sites for hydroxylation is 2. The molecule has 7 nitrogen and oxygen atoms in total. The third-order valence-corrected chi connectivity index (χ3v) is 10.1. The van der Waals surface area contributed by atoms with Gasteiger partial charge in [-0.15, -0.1) is 0 Å². The second-order valence-corrected chi connectivity index (χ2v) is 13.3. The summed E-state index contributed by atoms with van der Waals surface area (Å²) >= 11 is 12.9. The fraction of sp³-hybridized carbons (Fsp3) is 0.429. The number of piperidine rings is 1. The first kappa shape index (κ1) is 32.6. The van der Waals surface area contributed by atoms with E-state index >= 15 is 0 Å². The van der Waals surface area contributed by atoms with Crippen LogP contribution in [0.5, 0.6) is 0 Å². The summed E-state index contributed by atoms with van der Waals surface area (Å²) in [4.78, 5) is 35.4. The molecule has 9 heteroatoms. The minimum atomic E-state index is -0.677. The molecule has 3 aromatic rings. The van der Waals surface area contributed by atoms with Crippen molar-refractivity contribution in [2.75, 3.05) is 40.3 Å². The molecule has 44 heavy (non-hydrogen) atoms. The second kappa shape index (κ2) is 13.7. The number of carbonyl (C=O) groups excluding carboxylic acids is 2. The minimum absolute atomic E-state index is 0.00641. The van der Waals surface area contributed by atoms with Gasteiger partial charge in [0.1, 0.15) is 6.29 Å². The Kier molecular flexibility index (Phi) is 10.1. The summed E-state index contributed by atoms with van der Waals surface area (Å²) < 4.78 is 0. The monoisotopic (exact) mass is 635 g/mol. The smallest absolute Gasteiger partial charge is 0.253 e. The van der Waals surface area contributed by atoms with Gasteiger partial charge < -0.3 is 15.4 Å². The molecule has 0 spiro atoms. The third-order valence-electron chi connectivity index (χ3n) is 9.40. The summed E-state index contributed by atoms with van der Waals surface area (Å²) in [6, 6.07) is 21.4. The number of benzene rings is 3. The van der Waals surface area contributed by atoms with Crippen molar-refractivity contribution in [2.45, 2.75) is 57.0 Å². The molecule has 0 aliphatic carbocycles. The predicted molar refractivity (Wildman–Crippen MR) is 178 cm³/mol. The van der Waals surface area contributed by atoms with E-state index in [9.17, 15) is 9.59 Å². The van der Waals surface area contributed by atoms with E-state index in [1.54, 1.807) is 0 Å². The Morgan fingerprint density at radius 1 is 0.977 bits per heavy atom. The van der Waals surface area contributed by atoms with Gasteiger partial charge in [0.25, 0.3) is 5.91 Å². The molecule has 0 bridgehead atoms. The Labute approximate surface area is 271 Å². The number of halogens is 2. The maximum absolute atomic E-state index is 13.9. The molecule has 5 rings (SSSR count). The Bertz CT molecular complexity index is 1460. The van der Waals surface area contributed by atoms with Gasteiger partial charge in [-0.3, -0.25) is 19.5 Å². The lowest BCUT2D eigenvalue weighted by molar-refractivity contribution is -0.154. The number of nitrogens with zero attached hydrogens (tertiary/aromatic N) is 4. The normalized spacial score (nSPS) is 24.9. The lowest BCUT2D eigenvalue weighted by atomic mass is 9.79. The van der Waals surface area contributed by atoms with Gasteiger partial charge in [-0.1, -0.05) is 76.8 Å². The van der Waals surface area contributed by atoms with Crippen LogP contribution in [0.1, 0.15) is 51.5 Å². The van der Waals surface area contributed by atoms with Gasteiger partial charge in [0.15, 0.2) is 0 Å². The van der Waals surface area contributed by atoms with Gasteiger partial charge >= 0.3 is 0 Å². The summed E-state index contributed by atoms with van der Waals surface area (Å²) in [5.41, 5.74) is 11.4. The molecule has 0 radical (unpaired) electrons. The standard InChI is InChI=1S/C35H43Cl2N5O2/c1-24-18-25(2)20-28(19-24)34(44)40-15-16-42(32(23-40)27-10-11-29(36)30(37)21-27)33-31(38)12-14-41(22-26-8-6-5-7-9-26)35(33,13-17-43)39(3)4/h5-11,17-21,31-33H,12-16,22-23,38H2,1-4H3. The average molecular weight is 637 g/mol. The van der Waals surface area contributed by atoms with Crippen LogP contribution in [0.3, 0.4) is 0 Å². The number of carbonyl (C=O) groups is 2. The molecule has 4 atom stereocenters. The fourth-order valence-corrected chi connectivity index (χ4v) is 7.74. The molecule has 2 aliphatic rings. The zero-order valence-corrected chi connectivity index (χ0v) is 27.6. The van der Waals surface area contributed by atoms with Crippen LogP contribution in [0.25, 0.3) is 0 Å². The van der Waals surface area contributed by atoms with Crippen molar-refractivity contribution in [2.24, 2.45) is 5.73 Å². The van der Waals surface area contributed by atoms with E-state index in [0.717, 1.165) is 35.9 Å². The van der Waals surface area contributed by atoms with E-state index in [0.29, 0.717) is 48.2 Å². The van der Waals surface area contributed by atoms with Crippen LogP contribution in [0.4, 0.5) is 0 Å². The van der Waals surface area contributed by atoms with Gasteiger partial charge in [-0.25, -0.2) is 0 Å². The number of likely N-dealkylation sites (tertiary alicyclic amines) is 1. The molecular weight excluding hydrogens is 593 g/mol. The lowest BCUT2D eigenvalue weighted by Gasteiger charge is -2.62. The molecule has 0 saturated carbocycles. The quantitative estimate of drug-likeness (QED) is 0.327. The summed E-state index contributed by atoms with van der Waals surface area (Å²) in [6.45, 7) is 7.07. The highest BCUT2D eigenvalue weighted by atomic mass is 35.5. The molecule has 2 aliphatic heterocycles. The average Bonchev–Trinajstić information content (AvgIpc) is 2.99. The van der Waals surface area contributed by atoms with Crippen molar-refractivity contribution < 1.29 is 9.59 Å². The molecule has 2 saturated heterocycles. The van der Waals surface area contributed by atoms with E-state index in [-0.39, 0.29) is 24.0 Å². The van der Waals surface area contributed by atoms with Crippen molar-refractivity contribution in [1.29, 1.82) is 0 Å². The van der Waals surface area contributed by atoms with Crippen LogP contribution in [-0.4, -0.2) is 89.8 Å². The van der Waals surface area contributed by atoms with E-state index in [1.165, 1.54) is 5.56 Å². The Hall–Kier alpha value is -2.78. The van der Waals surface area contributed by atoms with Crippen molar-refractivity contribution in [3.05, 3.63) is 105 Å². The van der Waals surface area contributed by atoms with Crippen molar-refractivity contribution >= 4 is 35.4 Å². The number of hydrogen-bond acceptors (Lipinski definition) is 6. The fourth-order valence-electron chi connectivity index (χ4n) is 7.43. The summed E-state index contributed by atoms with van der Waals surface area (Å²) in [5, 5.41) is 0.945. The van der Waals surface area contributed by atoms with Crippen LogP contribution in [0.15, 0.2) is 66.7 Å². The maximum Gasteiger partial charge on any atom is 0.253 e. The zero-order chi connectivity index (χ0) is 31.6. The third kappa shape index (κ3) is 6.45. The van der Waals surface area contributed by atoms with Gasteiger partial charge in [-0.05, 0) is 69.8 Å². The summed E-state index contributed by atoms with van der Waals surface area (Å²) in [7, 11) is 4.08. The highest BCUT2D eigenvalue weighted by molar-refractivity contribution is 6.42. The van der Waals surface area contributed by atoms with Gasteiger partial charge in [0.05, 0.1) is 27.8 Å². The van der Waals surface area contributed by atoms with Crippen molar-refractivity contribution in [1.82, 2.24) is 19.6 Å². The van der Waals surface area contributed by atoms with E-state index in [4.69, 9.17) is 28.9 Å². The zero-order valence-electron chi connectivity index (χ0n) is 26.0. The number of hydrogen-bond donors (Lipinski definition) is 1. The topological polar surface area (TPSA) is 73.1 Å². The lowest BCUT2D eigenvalue weighted by Crippen LogP contribution is -2.77. The van der Waals surface area contributed by atoms with Crippen molar-refractivity contribution in [3.63, 3.8) is 0 Å². The Morgan fingerprint density at radius 2 is 1.68 bits per heavy atom. The summed E-state index contributed by atoms with van der Waals surface area (Å²) in [6.07, 6.45) is 2.10. The molecule has 234 valence electrons. The number of amides is 1. The van der Waals surface area contributed by atoms with Crippen molar-refractivity contribution in [3.8, 4) is 0 Å². The highest BCUT2D eigenvalue weighted by Crippen LogP contribution is 2.42. The van der Waals surface area contributed by atoms with Crippen LogP contribution >= 0.6 is 23.2 Å².